The Bertz CT molecular complexity index is 553. The summed E-state index contributed by atoms with van der Waals surface area (Å²) >= 11 is 0. The zero-order valence-electron chi connectivity index (χ0n) is 12.1. The zero-order chi connectivity index (χ0) is 15.9. The van der Waals surface area contributed by atoms with E-state index in [1.807, 2.05) is 0 Å². The zero-order valence-corrected chi connectivity index (χ0v) is 12.9. The summed E-state index contributed by atoms with van der Waals surface area (Å²) < 4.78 is 26.0. The van der Waals surface area contributed by atoms with Gasteiger partial charge in [-0.1, -0.05) is 26.2 Å². The van der Waals surface area contributed by atoms with E-state index in [9.17, 15) is 13.2 Å². The van der Waals surface area contributed by atoms with Crippen molar-refractivity contribution in [2.24, 2.45) is 0 Å². The fourth-order valence-electron chi connectivity index (χ4n) is 1.97. The van der Waals surface area contributed by atoms with Gasteiger partial charge in [-0.2, -0.15) is 4.31 Å². The third-order valence-electron chi connectivity index (χ3n) is 3.14. The van der Waals surface area contributed by atoms with Crippen molar-refractivity contribution in [1.29, 1.82) is 0 Å². The van der Waals surface area contributed by atoms with E-state index >= 15 is 0 Å². The molecule has 0 aliphatic heterocycles. The second-order valence-electron chi connectivity index (χ2n) is 4.74. The third kappa shape index (κ3) is 4.83. The Hall–Kier alpha value is -1.38. The van der Waals surface area contributed by atoms with Crippen LogP contribution in [0.25, 0.3) is 0 Å². The van der Waals surface area contributed by atoms with Crippen molar-refractivity contribution in [1.82, 2.24) is 9.29 Å². The molecule has 0 aromatic carbocycles. The maximum Gasteiger partial charge on any atom is 0.352 e. The van der Waals surface area contributed by atoms with E-state index in [0.717, 1.165) is 31.5 Å². The number of hydrogen-bond donors (Lipinski definition) is 3. The van der Waals surface area contributed by atoms with Gasteiger partial charge in [-0.3, -0.25) is 0 Å². The Morgan fingerprint density at radius 1 is 1.29 bits per heavy atom. The van der Waals surface area contributed by atoms with E-state index in [2.05, 4.69) is 11.9 Å². The van der Waals surface area contributed by atoms with Crippen molar-refractivity contribution in [3.63, 3.8) is 0 Å². The maximum absolute atomic E-state index is 12.4. The molecule has 0 spiro atoms. The minimum absolute atomic E-state index is 0.00203. The monoisotopic (exact) mass is 318 g/mol. The Balaban J connectivity index is 2.84. The van der Waals surface area contributed by atoms with Crippen molar-refractivity contribution < 1.29 is 23.4 Å². The summed E-state index contributed by atoms with van der Waals surface area (Å²) in [5.41, 5.74) is -0.177. The van der Waals surface area contributed by atoms with Crippen LogP contribution in [0.15, 0.2) is 17.2 Å². The van der Waals surface area contributed by atoms with Gasteiger partial charge in [-0.05, 0) is 12.5 Å². The minimum Gasteiger partial charge on any atom is -0.477 e. The van der Waals surface area contributed by atoms with Crippen LogP contribution in [-0.4, -0.2) is 53.6 Å². The number of hydrogen-bond acceptors (Lipinski definition) is 4. The van der Waals surface area contributed by atoms with Gasteiger partial charge in [-0.25, -0.2) is 13.2 Å². The maximum atomic E-state index is 12.4. The van der Waals surface area contributed by atoms with Crippen LogP contribution in [0, 0.1) is 0 Å². The molecule has 0 atom stereocenters. The number of aromatic nitrogens is 1. The molecule has 0 fully saturated rings. The highest BCUT2D eigenvalue weighted by Gasteiger charge is 2.25. The lowest BCUT2D eigenvalue weighted by atomic mass is 10.2. The number of carboxylic acids is 1. The molecule has 0 bridgehead atoms. The molecule has 7 nitrogen and oxygen atoms in total. The SMILES string of the molecule is CCCCCCN(CCO)S(=O)(=O)c1c[nH]c(C(=O)O)c1. The number of nitrogens with one attached hydrogen (secondary N) is 1. The van der Waals surface area contributed by atoms with Crippen molar-refractivity contribution >= 4 is 16.0 Å². The third-order valence-corrected chi connectivity index (χ3v) is 5.01. The highest BCUT2D eigenvalue weighted by atomic mass is 32.2. The molecular weight excluding hydrogens is 296 g/mol. The van der Waals surface area contributed by atoms with Crippen LogP contribution in [0.5, 0.6) is 0 Å². The molecule has 0 unspecified atom stereocenters. The first-order chi connectivity index (χ1) is 9.93. The fourth-order valence-corrected chi connectivity index (χ4v) is 3.44. The number of aliphatic hydroxyl groups is 1. The van der Waals surface area contributed by atoms with Gasteiger partial charge in [0.25, 0.3) is 0 Å². The molecule has 0 aliphatic rings. The first-order valence-corrected chi connectivity index (χ1v) is 8.40. The molecule has 1 rings (SSSR count). The summed E-state index contributed by atoms with van der Waals surface area (Å²) in [6, 6.07) is 1.09. The summed E-state index contributed by atoms with van der Waals surface area (Å²) in [5, 5.41) is 17.9. The number of aromatic carboxylic acids is 1. The van der Waals surface area contributed by atoms with E-state index in [4.69, 9.17) is 10.2 Å². The standard InChI is InChI=1S/C13H22N2O5S/c1-2-3-4-5-6-15(7-8-16)21(19,20)11-9-12(13(17)18)14-10-11/h9-10,14,16H,2-8H2,1H3,(H,17,18). The Kier molecular flexibility index (Phi) is 6.86. The van der Waals surface area contributed by atoms with E-state index in [0.29, 0.717) is 13.0 Å². The van der Waals surface area contributed by atoms with Crippen LogP contribution in [0.2, 0.25) is 0 Å². The highest BCUT2D eigenvalue weighted by Crippen LogP contribution is 2.17. The number of H-pyrrole nitrogens is 1. The first kappa shape index (κ1) is 17.7. The van der Waals surface area contributed by atoms with Crippen LogP contribution in [0.1, 0.15) is 43.1 Å². The van der Waals surface area contributed by atoms with Gasteiger partial charge in [-0.15, -0.1) is 0 Å². The summed E-state index contributed by atoms with van der Waals surface area (Å²) in [6.45, 7) is 2.11. The van der Waals surface area contributed by atoms with Crippen LogP contribution < -0.4 is 0 Å². The number of carboxylic acid groups (broad SMARTS) is 1. The minimum atomic E-state index is -3.78. The van der Waals surface area contributed by atoms with Crippen LogP contribution in [-0.2, 0) is 10.0 Å². The van der Waals surface area contributed by atoms with Crippen LogP contribution in [0.4, 0.5) is 0 Å². The van der Waals surface area contributed by atoms with Crippen LogP contribution in [0.3, 0.4) is 0 Å². The number of aromatic amines is 1. The largest absolute Gasteiger partial charge is 0.477 e. The molecule has 3 N–H and O–H groups in total. The number of rotatable bonds is 10. The molecule has 0 saturated carbocycles. The summed E-state index contributed by atoms with van der Waals surface area (Å²) in [6.07, 6.45) is 4.87. The van der Waals surface area contributed by atoms with Gasteiger partial charge in [0.1, 0.15) is 10.6 Å². The van der Waals surface area contributed by atoms with E-state index in [-0.39, 0.29) is 23.7 Å². The van der Waals surface area contributed by atoms with Crippen molar-refractivity contribution in [3.05, 3.63) is 18.0 Å². The van der Waals surface area contributed by atoms with Gasteiger partial charge in [0, 0.05) is 19.3 Å². The highest BCUT2D eigenvalue weighted by molar-refractivity contribution is 7.89. The summed E-state index contributed by atoms with van der Waals surface area (Å²) in [7, 11) is -3.78. The molecule has 120 valence electrons. The molecule has 21 heavy (non-hydrogen) atoms. The smallest absolute Gasteiger partial charge is 0.352 e. The predicted molar refractivity (Wildman–Crippen MR) is 77.7 cm³/mol. The predicted octanol–water partition coefficient (Wildman–Crippen LogP) is 1.28. The summed E-state index contributed by atoms with van der Waals surface area (Å²) in [4.78, 5) is 13.1. The average Bonchev–Trinajstić information content (AvgIpc) is 2.92. The van der Waals surface area contributed by atoms with Gasteiger partial charge < -0.3 is 15.2 Å². The van der Waals surface area contributed by atoms with E-state index < -0.39 is 16.0 Å². The number of carbonyl (C=O) groups is 1. The van der Waals surface area contributed by atoms with Crippen molar-refractivity contribution in [2.45, 2.75) is 37.5 Å². The number of nitrogens with zero attached hydrogens (tertiary/aromatic N) is 1. The van der Waals surface area contributed by atoms with Gasteiger partial charge in [0.15, 0.2) is 0 Å². The van der Waals surface area contributed by atoms with Crippen molar-refractivity contribution in [3.8, 4) is 0 Å². The fraction of sp³-hybridized carbons (Fsp3) is 0.615. The quantitative estimate of drug-likeness (QED) is 0.563. The van der Waals surface area contributed by atoms with Crippen molar-refractivity contribution in [2.75, 3.05) is 19.7 Å². The normalized spacial score (nSPS) is 12.0. The Morgan fingerprint density at radius 3 is 2.52 bits per heavy atom. The molecular formula is C13H22N2O5S. The molecule has 0 saturated heterocycles. The molecule has 0 amide bonds. The molecule has 1 heterocycles. The number of sulfonamides is 1. The molecule has 1 aromatic heterocycles. The number of unbranched alkanes of at least 4 members (excludes halogenated alkanes) is 3. The number of aliphatic hydroxyl groups excluding tert-OH is 1. The first-order valence-electron chi connectivity index (χ1n) is 6.96. The van der Waals surface area contributed by atoms with Gasteiger partial charge in [0.2, 0.25) is 10.0 Å². The van der Waals surface area contributed by atoms with Crippen LogP contribution >= 0.6 is 0 Å². The lowest BCUT2D eigenvalue weighted by Gasteiger charge is -2.20. The topological polar surface area (TPSA) is 111 Å². The molecule has 0 radical (unpaired) electrons. The average molecular weight is 318 g/mol. The molecule has 8 heteroatoms. The second-order valence-corrected chi connectivity index (χ2v) is 6.68. The van der Waals surface area contributed by atoms with Gasteiger partial charge in [0.05, 0.1) is 6.61 Å². The Morgan fingerprint density at radius 2 is 2.00 bits per heavy atom. The second kappa shape index (κ2) is 8.16. The van der Waals surface area contributed by atoms with E-state index in [1.165, 1.54) is 4.31 Å². The lowest BCUT2D eigenvalue weighted by molar-refractivity contribution is 0.0691. The Labute approximate surface area is 124 Å². The summed E-state index contributed by atoms with van der Waals surface area (Å²) in [5.74, 6) is -1.21. The molecule has 0 aliphatic carbocycles. The lowest BCUT2D eigenvalue weighted by Crippen LogP contribution is -2.34. The molecule has 1 aromatic rings. The van der Waals surface area contributed by atoms with Gasteiger partial charge >= 0.3 is 5.97 Å². The van der Waals surface area contributed by atoms with E-state index in [1.54, 1.807) is 0 Å².